The topological polar surface area (TPSA) is 84.0 Å². The van der Waals surface area contributed by atoms with Gasteiger partial charge in [0.05, 0.1) is 11.8 Å². The van der Waals surface area contributed by atoms with Gasteiger partial charge in [0.2, 0.25) is 5.91 Å². The number of nitrogens with zero attached hydrogens (tertiary/aromatic N) is 2. The molecule has 168 valence electrons. The summed E-state index contributed by atoms with van der Waals surface area (Å²) >= 11 is 0. The zero-order chi connectivity index (χ0) is 22.5. The van der Waals surface area contributed by atoms with Crippen molar-refractivity contribution >= 4 is 21.8 Å². The summed E-state index contributed by atoms with van der Waals surface area (Å²) in [7, 11) is -3.10. The molecule has 0 spiro atoms. The number of amides is 2. The summed E-state index contributed by atoms with van der Waals surface area (Å²) in [5, 5.41) is 0. The highest BCUT2D eigenvalue weighted by Gasteiger charge is 2.35. The number of piperazine rings is 1. The fourth-order valence-electron chi connectivity index (χ4n) is 3.46. The molecule has 1 saturated heterocycles. The third kappa shape index (κ3) is 7.31. The second kappa shape index (κ2) is 9.81. The van der Waals surface area contributed by atoms with Crippen LogP contribution in [0.3, 0.4) is 0 Å². The van der Waals surface area contributed by atoms with Crippen LogP contribution in [0.15, 0.2) is 24.3 Å². The molecule has 30 heavy (non-hydrogen) atoms. The summed E-state index contributed by atoms with van der Waals surface area (Å²) in [4.78, 5) is 28.9. The summed E-state index contributed by atoms with van der Waals surface area (Å²) < 4.78 is 28.3. The van der Waals surface area contributed by atoms with E-state index in [1.807, 2.05) is 45.0 Å². The summed E-state index contributed by atoms with van der Waals surface area (Å²) in [6.07, 6.45) is 2.18. The highest BCUT2D eigenvalue weighted by atomic mass is 32.2. The molecule has 1 aromatic carbocycles. The first-order valence-electron chi connectivity index (χ1n) is 10.4. The third-order valence-corrected chi connectivity index (χ3v) is 6.06. The van der Waals surface area contributed by atoms with E-state index in [0.717, 1.165) is 12.0 Å². The number of ether oxygens (including phenoxy) is 1. The lowest BCUT2D eigenvalue weighted by atomic mass is 9.99. The minimum atomic E-state index is -3.10. The van der Waals surface area contributed by atoms with Gasteiger partial charge in [-0.25, -0.2) is 13.2 Å². The monoisotopic (exact) mass is 438 g/mol. The fourth-order valence-corrected chi connectivity index (χ4v) is 4.13. The second-order valence-corrected chi connectivity index (χ2v) is 11.1. The lowest BCUT2D eigenvalue weighted by Crippen LogP contribution is -2.53. The molecule has 1 atom stereocenters. The standard InChI is InChI=1S/C22H34N2O5S/c1-6-17-9-11-18(12-10-17)19-16-23(21(26)29-22(2,3)4)13-14-24(19)20(25)8-7-15-30(5,27)28/h9-12,19H,6-8,13-16H2,1-5H3/t19-/m0/s1. The molecule has 0 N–H and O–H groups in total. The van der Waals surface area contributed by atoms with Crippen molar-refractivity contribution in [2.45, 2.75) is 58.6 Å². The number of benzene rings is 1. The average molecular weight is 439 g/mol. The van der Waals surface area contributed by atoms with Crippen molar-refractivity contribution in [2.24, 2.45) is 0 Å². The smallest absolute Gasteiger partial charge is 0.410 e. The fraction of sp³-hybridized carbons (Fsp3) is 0.636. The molecular formula is C22H34N2O5S. The van der Waals surface area contributed by atoms with Crippen LogP contribution in [0.4, 0.5) is 4.79 Å². The largest absolute Gasteiger partial charge is 0.444 e. The predicted molar refractivity (Wildman–Crippen MR) is 117 cm³/mol. The molecule has 2 rings (SSSR count). The lowest BCUT2D eigenvalue weighted by Gasteiger charge is -2.42. The van der Waals surface area contributed by atoms with Gasteiger partial charge in [-0.2, -0.15) is 0 Å². The van der Waals surface area contributed by atoms with Crippen molar-refractivity contribution in [2.75, 3.05) is 31.6 Å². The van der Waals surface area contributed by atoms with E-state index in [2.05, 4.69) is 6.92 Å². The normalized spacial score (nSPS) is 17.7. The number of hydrogen-bond donors (Lipinski definition) is 0. The average Bonchev–Trinajstić information content (AvgIpc) is 2.65. The van der Waals surface area contributed by atoms with Crippen LogP contribution in [0.25, 0.3) is 0 Å². The van der Waals surface area contributed by atoms with Gasteiger partial charge in [-0.05, 0) is 44.7 Å². The Labute approximate surface area is 180 Å². The maximum Gasteiger partial charge on any atom is 0.410 e. The van der Waals surface area contributed by atoms with E-state index in [9.17, 15) is 18.0 Å². The van der Waals surface area contributed by atoms with Gasteiger partial charge in [-0.1, -0.05) is 31.2 Å². The van der Waals surface area contributed by atoms with Gasteiger partial charge in [0.1, 0.15) is 15.4 Å². The molecule has 1 aromatic rings. The highest BCUT2D eigenvalue weighted by molar-refractivity contribution is 7.90. The Balaban J connectivity index is 2.18. The van der Waals surface area contributed by atoms with Crippen molar-refractivity contribution in [3.05, 3.63) is 35.4 Å². The Kier molecular flexibility index (Phi) is 7.91. The van der Waals surface area contributed by atoms with E-state index in [1.165, 1.54) is 11.8 Å². The lowest BCUT2D eigenvalue weighted by molar-refractivity contribution is -0.136. The first-order valence-corrected chi connectivity index (χ1v) is 12.5. The van der Waals surface area contributed by atoms with Crippen LogP contribution < -0.4 is 0 Å². The van der Waals surface area contributed by atoms with E-state index >= 15 is 0 Å². The first-order chi connectivity index (χ1) is 13.9. The van der Waals surface area contributed by atoms with Gasteiger partial charge in [-0.3, -0.25) is 4.79 Å². The van der Waals surface area contributed by atoms with Crippen molar-refractivity contribution < 1.29 is 22.7 Å². The summed E-state index contributed by atoms with van der Waals surface area (Å²) in [5.41, 5.74) is 1.56. The number of sulfone groups is 1. The van der Waals surface area contributed by atoms with Crippen molar-refractivity contribution in [1.29, 1.82) is 0 Å². The van der Waals surface area contributed by atoms with Gasteiger partial charge < -0.3 is 14.5 Å². The molecule has 2 amide bonds. The molecule has 0 saturated carbocycles. The van der Waals surface area contributed by atoms with E-state index in [0.29, 0.717) is 26.1 Å². The molecule has 7 nitrogen and oxygen atoms in total. The molecule has 8 heteroatoms. The number of hydrogen-bond acceptors (Lipinski definition) is 5. The van der Waals surface area contributed by atoms with Crippen LogP contribution in [0.1, 0.15) is 57.7 Å². The van der Waals surface area contributed by atoms with E-state index in [1.54, 1.807) is 9.80 Å². The Bertz CT molecular complexity index is 843. The second-order valence-electron chi connectivity index (χ2n) is 8.86. The zero-order valence-electron chi connectivity index (χ0n) is 18.7. The van der Waals surface area contributed by atoms with Crippen LogP contribution in [0, 0.1) is 0 Å². The maximum atomic E-state index is 12.9. The van der Waals surface area contributed by atoms with Crippen LogP contribution in [-0.2, 0) is 25.8 Å². The Morgan fingerprint density at radius 1 is 1.13 bits per heavy atom. The Hall–Kier alpha value is -2.09. The molecule has 1 aliphatic rings. The predicted octanol–water partition coefficient (Wildman–Crippen LogP) is 3.19. The van der Waals surface area contributed by atoms with Crippen LogP contribution in [0.2, 0.25) is 0 Å². The molecule has 1 heterocycles. The van der Waals surface area contributed by atoms with E-state index in [-0.39, 0.29) is 30.2 Å². The van der Waals surface area contributed by atoms with Gasteiger partial charge in [0.25, 0.3) is 0 Å². The van der Waals surface area contributed by atoms with Gasteiger partial charge >= 0.3 is 6.09 Å². The number of carbonyl (C=O) groups excluding carboxylic acids is 2. The number of rotatable bonds is 6. The number of aryl methyl sites for hydroxylation is 1. The number of carbonyl (C=O) groups is 2. The molecular weight excluding hydrogens is 404 g/mol. The van der Waals surface area contributed by atoms with Crippen molar-refractivity contribution in [1.82, 2.24) is 9.80 Å². The summed E-state index contributed by atoms with van der Waals surface area (Å²) in [5.74, 6) is -0.0982. The molecule has 1 aliphatic heterocycles. The Morgan fingerprint density at radius 2 is 1.77 bits per heavy atom. The molecule has 0 aliphatic carbocycles. The van der Waals surface area contributed by atoms with Crippen LogP contribution in [0.5, 0.6) is 0 Å². The van der Waals surface area contributed by atoms with Crippen molar-refractivity contribution in [3.8, 4) is 0 Å². The minimum absolute atomic E-state index is 0.00746. The molecule has 1 fully saturated rings. The van der Waals surface area contributed by atoms with Gasteiger partial charge in [-0.15, -0.1) is 0 Å². The van der Waals surface area contributed by atoms with Gasteiger partial charge in [0, 0.05) is 32.3 Å². The maximum absolute atomic E-state index is 12.9. The highest BCUT2D eigenvalue weighted by Crippen LogP contribution is 2.28. The molecule has 0 radical (unpaired) electrons. The van der Waals surface area contributed by atoms with Gasteiger partial charge in [0.15, 0.2) is 0 Å². The van der Waals surface area contributed by atoms with E-state index < -0.39 is 15.4 Å². The minimum Gasteiger partial charge on any atom is -0.444 e. The summed E-state index contributed by atoms with van der Waals surface area (Å²) in [6, 6.07) is 7.78. The molecule has 0 unspecified atom stereocenters. The van der Waals surface area contributed by atoms with E-state index in [4.69, 9.17) is 4.74 Å². The molecule has 0 bridgehead atoms. The van der Waals surface area contributed by atoms with Crippen molar-refractivity contribution in [3.63, 3.8) is 0 Å². The summed E-state index contributed by atoms with van der Waals surface area (Å²) in [6.45, 7) is 8.68. The quantitative estimate of drug-likeness (QED) is 0.681. The van der Waals surface area contributed by atoms with Crippen LogP contribution in [-0.4, -0.2) is 67.5 Å². The third-order valence-electron chi connectivity index (χ3n) is 5.03. The Morgan fingerprint density at radius 3 is 2.30 bits per heavy atom. The van der Waals surface area contributed by atoms with Crippen LogP contribution >= 0.6 is 0 Å². The SMILES string of the molecule is CCc1ccc([C@@H]2CN(C(=O)OC(C)(C)C)CCN2C(=O)CCCS(C)(=O)=O)cc1. The first kappa shape index (κ1) is 24.2. The zero-order valence-corrected chi connectivity index (χ0v) is 19.5. The molecule has 0 aromatic heterocycles.